The number of hydrogen-bond acceptors (Lipinski definition) is 4. The molecule has 0 aromatic carbocycles. The fourth-order valence-electron chi connectivity index (χ4n) is 1.94. The minimum atomic E-state index is 0.723. The summed E-state index contributed by atoms with van der Waals surface area (Å²) in [7, 11) is 0. The normalized spacial score (nSPS) is 23.3. The molecule has 0 aliphatic heterocycles. The second-order valence-electron chi connectivity index (χ2n) is 5.56. The summed E-state index contributed by atoms with van der Waals surface area (Å²) in [6.45, 7) is 8.97. The number of nitrogens with zero attached hydrogens (tertiary/aromatic N) is 2. The number of hydrogen-bond donors (Lipinski definition) is 1. The Morgan fingerprint density at radius 2 is 2.18 bits per heavy atom. The van der Waals surface area contributed by atoms with Crippen molar-refractivity contribution in [1.29, 1.82) is 0 Å². The quantitative estimate of drug-likeness (QED) is 0.759. The van der Waals surface area contributed by atoms with Crippen LogP contribution in [-0.2, 0) is 6.42 Å². The van der Waals surface area contributed by atoms with Gasteiger partial charge in [-0.05, 0) is 37.8 Å². The van der Waals surface area contributed by atoms with Crippen molar-refractivity contribution < 1.29 is 0 Å². The van der Waals surface area contributed by atoms with Crippen molar-refractivity contribution in [3.05, 3.63) is 10.0 Å². The molecule has 4 heteroatoms. The zero-order valence-corrected chi connectivity index (χ0v) is 11.9. The molecule has 0 spiro atoms. The summed E-state index contributed by atoms with van der Waals surface area (Å²) in [6, 6.07) is 0. The lowest BCUT2D eigenvalue weighted by Crippen LogP contribution is -2.21. The fraction of sp³-hybridized carbons (Fsp3) is 0.846. The molecule has 0 radical (unpaired) electrons. The van der Waals surface area contributed by atoms with Crippen molar-refractivity contribution >= 4 is 11.3 Å². The van der Waals surface area contributed by atoms with Gasteiger partial charge in [-0.25, -0.2) is 0 Å². The molecule has 3 nitrogen and oxygen atoms in total. The van der Waals surface area contributed by atoms with Gasteiger partial charge >= 0.3 is 0 Å². The van der Waals surface area contributed by atoms with Crippen LogP contribution in [0, 0.1) is 11.8 Å². The van der Waals surface area contributed by atoms with Gasteiger partial charge in [0.25, 0.3) is 0 Å². The molecule has 1 aliphatic carbocycles. The highest BCUT2D eigenvalue weighted by Gasteiger charge is 2.36. The number of aryl methyl sites for hydroxylation is 1. The maximum Gasteiger partial charge on any atom is 0.120 e. The second-order valence-corrected chi connectivity index (χ2v) is 6.65. The molecule has 2 atom stereocenters. The molecule has 1 aliphatic rings. The second kappa shape index (κ2) is 5.91. The summed E-state index contributed by atoms with van der Waals surface area (Å²) >= 11 is 1.82. The van der Waals surface area contributed by atoms with Gasteiger partial charge in [0, 0.05) is 12.3 Å². The Morgan fingerprint density at radius 1 is 1.41 bits per heavy atom. The average molecular weight is 253 g/mol. The van der Waals surface area contributed by atoms with E-state index in [0.29, 0.717) is 0 Å². The van der Waals surface area contributed by atoms with Crippen LogP contribution in [0.15, 0.2) is 0 Å². The lowest BCUT2D eigenvalue weighted by atomic mass is 10.2. The highest BCUT2D eigenvalue weighted by atomic mass is 32.1. The van der Waals surface area contributed by atoms with E-state index in [9.17, 15) is 0 Å². The highest BCUT2D eigenvalue weighted by Crippen LogP contribution is 2.47. The Balaban J connectivity index is 1.64. The van der Waals surface area contributed by atoms with E-state index < -0.39 is 0 Å². The first-order valence-electron chi connectivity index (χ1n) is 6.69. The number of rotatable bonds is 7. The smallest absolute Gasteiger partial charge is 0.120 e. The standard InChI is InChI=1S/C13H23N3S/c1-9(2)8-14-6-4-5-12-15-16-13(17-12)11-7-10(11)3/h9-11,14H,4-8H2,1-3H3. The van der Waals surface area contributed by atoms with Crippen LogP contribution in [0.25, 0.3) is 0 Å². The van der Waals surface area contributed by atoms with E-state index in [1.54, 1.807) is 0 Å². The van der Waals surface area contributed by atoms with Crippen LogP contribution >= 0.6 is 11.3 Å². The zero-order chi connectivity index (χ0) is 12.3. The third-order valence-electron chi connectivity index (χ3n) is 3.21. The largest absolute Gasteiger partial charge is 0.316 e. The van der Waals surface area contributed by atoms with Crippen LogP contribution < -0.4 is 5.32 Å². The maximum atomic E-state index is 4.30. The monoisotopic (exact) mass is 253 g/mol. The molecule has 0 bridgehead atoms. The highest BCUT2D eigenvalue weighted by molar-refractivity contribution is 7.11. The van der Waals surface area contributed by atoms with E-state index in [4.69, 9.17) is 0 Å². The van der Waals surface area contributed by atoms with Gasteiger partial charge in [0.15, 0.2) is 0 Å². The van der Waals surface area contributed by atoms with E-state index in [-0.39, 0.29) is 0 Å². The van der Waals surface area contributed by atoms with E-state index in [1.165, 1.54) is 22.9 Å². The molecular formula is C13H23N3S. The number of nitrogens with one attached hydrogen (secondary N) is 1. The van der Waals surface area contributed by atoms with Crippen molar-refractivity contribution in [1.82, 2.24) is 15.5 Å². The van der Waals surface area contributed by atoms with E-state index in [1.807, 2.05) is 11.3 Å². The van der Waals surface area contributed by atoms with Gasteiger partial charge < -0.3 is 5.32 Å². The van der Waals surface area contributed by atoms with E-state index in [2.05, 4.69) is 36.3 Å². The Kier molecular flexibility index (Phi) is 4.51. The maximum absolute atomic E-state index is 4.30. The van der Waals surface area contributed by atoms with Gasteiger partial charge in [0.05, 0.1) is 0 Å². The first-order valence-corrected chi connectivity index (χ1v) is 7.51. The Labute approximate surface area is 108 Å². The fourth-order valence-corrected chi connectivity index (χ4v) is 3.07. The third-order valence-corrected chi connectivity index (χ3v) is 4.32. The molecule has 2 unspecified atom stereocenters. The molecule has 96 valence electrons. The first-order chi connectivity index (χ1) is 8.16. The Morgan fingerprint density at radius 3 is 2.82 bits per heavy atom. The minimum absolute atomic E-state index is 0.723. The summed E-state index contributed by atoms with van der Waals surface area (Å²) < 4.78 is 0. The van der Waals surface area contributed by atoms with Crippen molar-refractivity contribution in [3.63, 3.8) is 0 Å². The Bertz CT molecular complexity index is 348. The van der Waals surface area contributed by atoms with Gasteiger partial charge in [-0.1, -0.05) is 20.8 Å². The predicted molar refractivity (Wildman–Crippen MR) is 72.5 cm³/mol. The molecule has 1 N–H and O–H groups in total. The van der Waals surface area contributed by atoms with E-state index in [0.717, 1.165) is 37.3 Å². The summed E-state index contributed by atoms with van der Waals surface area (Å²) in [5, 5.41) is 14.5. The molecule has 0 amide bonds. The van der Waals surface area contributed by atoms with Gasteiger partial charge in [-0.15, -0.1) is 21.5 Å². The number of aromatic nitrogens is 2. The molecule has 2 rings (SSSR count). The topological polar surface area (TPSA) is 37.8 Å². The Hall–Kier alpha value is -0.480. The van der Waals surface area contributed by atoms with Crippen LogP contribution in [0.2, 0.25) is 0 Å². The summed E-state index contributed by atoms with van der Waals surface area (Å²) in [6.07, 6.45) is 3.55. The van der Waals surface area contributed by atoms with Crippen LogP contribution in [0.1, 0.15) is 49.5 Å². The van der Waals surface area contributed by atoms with Crippen molar-refractivity contribution in [2.45, 2.75) is 46.0 Å². The lowest BCUT2D eigenvalue weighted by molar-refractivity contribution is 0.542. The molecule has 1 heterocycles. The molecule has 1 saturated carbocycles. The zero-order valence-electron chi connectivity index (χ0n) is 11.1. The van der Waals surface area contributed by atoms with Crippen LogP contribution in [0.4, 0.5) is 0 Å². The summed E-state index contributed by atoms with van der Waals surface area (Å²) in [5.74, 6) is 2.29. The lowest BCUT2D eigenvalue weighted by Gasteiger charge is -2.05. The van der Waals surface area contributed by atoms with Crippen molar-refractivity contribution in [3.8, 4) is 0 Å². The van der Waals surface area contributed by atoms with E-state index >= 15 is 0 Å². The van der Waals surface area contributed by atoms with Gasteiger partial charge in [0.2, 0.25) is 0 Å². The van der Waals surface area contributed by atoms with Crippen LogP contribution in [-0.4, -0.2) is 23.3 Å². The van der Waals surface area contributed by atoms with Gasteiger partial charge in [0.1, 0.15) is 10.0 Å². The molecule has 0 saturated heterocycles. The molecule has 1 fully saturated rings. The van der Waals surface area contributed by atoms with Gasteiger partial charge in [-0.3, -0.25) is 0 Å². The van der Waals surface area contributed by atoms with Crippen molar-refractivity contribution in [2.75, 3.05) is 13.1 Å². The molecule has 1 aromatic heterocycles. The predicted octanol–water partition coefficient (Wildman–Crippen LogP) is 2.84. The summed E-state index contributed by atoms with van der Waals surface area (Å²) in [4.78, 5) is 0. The SMILES string of the molecule is CC(C)CNCCCc1nnc(C2CC2C)s1. The molecular weight excluding hydrogens is 230 g/mol. The van der Waals surface area contributed by atoms with Crippen LogP contribution in [0.3, 0.4) is 0 Å². The first kappa shape index (κ1) is 13.0. The molecule has 1 aromatic rings. The van der Waals surface area contributed by atoms with Crippen molar-refractivity contribution in [2.24, 2.45) is 11.8 Å². The summed E-state index contributed by atoms with van der Waals surface area (Å²) in [5.41, 5.74) is 0. The average Bonchev–Trinajstić information content (AvgIpc) is 2.83. The van der Waals surface area contributed by atoms with Crippen LogP contribution in [0.5, 0.6) is 0 Å². The van der Waals surface area contributed by atoms with Gasteiger partial charge in [-0.2, -0.15) is 0 Å². The molecule has 17 heavy (non-hydrogen) atoms. The minimum Gasteiger partial charge on any atom is -0.316 e. The third kappa shape index (κ3) is 4.03.